The highest BCUT2D eigenvalue weighted by molar-refractivity contribution is 7.80. The van der Waals surface area contributed by atoms with Crippen molar-refractivity contribution in [3.63, 3.8) is 0 Å². The number of benzene rings is 2. The molecule has 148 valence electrons. The van der Waals surface area contributed by atoms with E-state index in [1.54, 1.807) is 36.5 Å². The fraction of sp³-hybridized carbons (Fsp3) is 0.0435. The number of hydrogen-bond donors (Lipinski definition) is 1. The Hall–Kier alpha value is -3.84. The van der Waals surface area contributed by atoms with Crippen molar-refractivity contribution in [3.8, 4) is 11.5 Å². The van der Waals surface area contributed by atoms with Gasteiger partial charge >= 0.3 is 0 Å². The van der Waals surface area contributed by atoms with Gasteiger partial charge in [0.1, 0.15) is 17.1 Å². The fourth-order valence-electron chi connectivity index (χ4n) is 2.97. The van der Waals surface area contributed by atoms with Crippen LogP contribution in [-0.4, -0.2) is 21.9 Å². The molecule has 0 bridgehead atoms. The SMILES string of the molecule is Cc1cccnc1/C=C1\C(=O)NC(=S)N(c2ccc(Oc3ccccc3)cc2)C1=O. The summed E-state index contributed by atoms with van der Waals surface area (Å²) in [5.41, 5.74) is 1.90. The van der Waals surface area contributed by atoms with Gasteiger partial charge < -0.3 is 4.74 Å². The summed E-state index contributed by atoms with van der Waals surface area (Å²) in [5, 5.41) is 2.60. The lowest BCUT2D eigenvalue weighted by Crippen LogP contribution is -2.54. The van der Waals surface area contributed by atoms with Gasteiger partial charge in [0.2, 0.25) is 0 Å². The third kappa shape index (κ3) is 3.97. The zero-order valence-electron chi connectivity index (χ0n) is 16.0. The van der Waals surface area contributed by atoms with Crippen LogP contribution in [0, 0.1) is 6.92 Å². The maximum Gasteiger partial charge on any atom is 0.270 e. The van der Waals surface area contributed by atoms with E-state index in [-0.39, 0.29) is 10.7 Å². The molecule has 0 radical (unpaired) electrons. The summed E-state index contributed by atoms with van der Waals surface area (Å²) >= 11 is 5.24. The number of carbonyl (C=O) groups is 2. The second kappa shape index (κ2) is 8.26. The molecule has 0 spiro atoms. The minimum absolute atomic E-state index is 0.0246. The first-order valence-electron chi connectivity index (χ1n) is 9.19. The molecule has 2 amide bonds. The normalized spacial score (nSPS) is 15.3. The van der Waals surface area contributed by atoms with Crippen LogP contribution < -0.4 is 15.0 Å². The number of anilines is 1. The van der Waals surface area contributed by atoms with Crippen LogP contribution in [0.2, 0.25) is 0 Å². The van der Waals surface area contributed by atoms with Crippen LogP contribution in [0.5, 0.6) is 11.5 Å². The standard InChI is InChI=1S/C23H17N3O3S/c1-15-6-5-13-24-20(15)14-19-21(27)25-23(30)26(22(19)28)16-9-11-18(12-10-16)29-17-7-3-2-4-8-17/h2-14H,1H3,(H,25,27,30)/b19-14+. The summed E-state index contributed by atoms with van der Waals surface area (Å²) < 4.78 is 5.78. The molecule has 0 aliphatic carbocycles. The lowest BCUT2D eigenvalue weighted by molar-refractivity contribution is -0.122. The lowest BCUT2D eigenvalue weighted by Gasteiger charge is -2.29. The van der Waals surface area contributed by atoms with Crippen LogP contribution in [0.15, 0.2) is 78.5 Å². The van der Waals surface area contributed by atoms with Gasteiger partial charge in [-0.15, -0.1) is 0 Å². The number of nitrogens with one attached hydrogen (secondary N) is 1. The van der Waals surface area contributed by atoms with Crippen LogP contribution >= 0.6 is 12.2 Å². The third-order valence-corrected chi connectivity index (χ3v) is 4.79. The highest BCUT2D eigenvalue weighted by atomic mass is 32.1. The summed E-state index contributed by atoms with van der Waals surface area (Å²) in [7, 11) is 0. The Labute approximate surface area is 178 Å². The zero-order chi connectivity index (χ0) is 21.1. The first-order chi connectivity index (χ1) is 14.5. The van der Waals surface area contributed by atoms with Gasteiger partial charge in [-0.2, -0.15) is 0 Å². The molecule has 30 heavy (non-hydrogen) atoms. The van der Waals surface area contributed by atoms with E-state index in [1.165, 1.54) is 11.0 Å². The molecule has 2 heterocycles. The Balaban J connectivity index is 1.61. The van der Waals surface area contributed by atoms with Crippen molar-refractivity contribution in [1.29, 1.82) is 0 Å². The van der Waals surface area contributed by atoms with Gasteiger partial charge in [-0.3, -0.25) is 24.8 Å². The Kier molecular flexibility index (Phi) is 5.36. The summed E-state index contributed by atoms with van der Waals surface area (Å²) in [6.07, 6.45) is 3.09. The molecule has 0 atom stereocenters. The van der Waals surface area contributed by atoms with Crippen LogP contribution in [0.25, 0.3) is 6.08 Å². The Morgan fingerprint density at radius 1 is 0.967 bits per heavy atom. The number of carbonyl (C=O) groups excluding carboxylic acids is 2. The van der Waals surface area contributed by atoms with E-state index >= 15 is 0 Å². The van der Waals surface area contributed by atoms with Gasteiger partial charge in [-0.05, 0) is 73.2 Å². The van der Waals surface area contributed by atoms with Gasteiger partial charge in [-0.25, -0.2) is 0 Å². The molecule has 1 fully saturated rings. The largest absolute Gasteiger partial charge is 0.457 e. The number of amides is 2. The van der Waals surface area contributed by atoms with E-state index in [9.17, 15) is 9.59 Å². The average Bonchev–Trinajstić information content (AvgIpc) is 2.74. The Morgan fingerprint density at radius 2 is 1.67 bits per heavy atom. The van der Waals surface area contributed by atoms with Crippen LogP contribution in [0.3, 0.4) is 0 Å². The number of para-hydroxylation sites is 1. The summed E-state index contributed by atoms with van der Waals surface area (Å²) in [5.74, 6) is 0.267. The Morgan fingerprint density at radius 3 is 2.37 bits per heavy atom. The van der Waals surface area contributed by atoms with Crippen molar-refractivity contribution < 1.29 is 14.3 Å². The summed E-state index contributed by atoms with van der Waals surface area (Å²) in [4.78, 5) is 31.0. The van der Waals surface area contributed by atoms with E-state index in [0.717, 1.165) is 5.56 Å². The van der Waals surface area contributed by atoms with Gasteiger partial charge in [0.15, 0.2) is 5.11 Å². The second-order valence-corrected chi connectivity index (χ2v) is 6.96. The molecule has 0 unspecified atom stereocenters. The molecule has 4 rings (SSSR count). The number of ether oxygens (including phenoxy) is 1. The molecule has 1 aromatic heterocycles. The first-order valence-corrected chi connectivity index (χ1v) is 9.60. The minimum atomic E-state index is -0.546. The molecule has 1 aliphatic heterocycles. The second-order valence-electron chi connectivity index (χ2n) is 6.57. The van der Waals surface area contributed by atoms with Gasteiger partial charge in [0.25, 0.3) is 11.8 Å². The average molecular weight is 415 g/mol. The highest BCUT2D eigenvalue weighted by Gasteiger charge is 2.34. The van der Waals surface area contributed by atoms with E-state index in [0.29, 0.717) is 22.9 Å². The predicted molar refractivity (Wildman–Crippen MR) is 118 cm³/mol. The molecular weight excluding hydrogens is 398 g/mol. The zero-order valence-corrected chi connectivity index (χ0v) is 16.8. The molecule has 1 saturated heterocycles. The maximum atomic E-state index is 13.1. The molecule has 6 nitrogen and oxygen atoms in total. The number of pyridine rings is 1. The summed E-state index contributed by atoms with van der Waals surface area (Å²) in [6.45, 7) is 1.86. The van der Waals surface area contributed by atoms with E-state index in [1.807, 2.05) is 43.3 Å². The Bertz CT molecular complexity index is 1160. The van der Waals surface area contributed by atoms with Crippen LogP contribution in [0.1, 0.15) is 11.3 Å². The molecule has 1 N–H and O–H groups in total. The molecule has 7 heteroatoms. The monoisotopic (exact) mass is 415 g/mol. The van der Waals surface area contributed by atoms with Crippen molar-refractivity contribution in [2.45, 2.75) is 6.92 Å². The number of aromatic nitrogens is 1. The fourth-order valence-corrected chi connectivity index (χ4v) is 3.25. The number of nitrogens with zero attached hydrogens (tertiary/aromatic N) is 2. The van der Waals surface area contributed by atoms with Crippen LogP contribution in [-0.2, 0) is 9.59 Å². The highest BCUT2D eigenvalue weighted by Crippen LogP contribution is 2.27. The van der Waals surface area contributed by atoms with Crippen molar-refractivity contribution in [1.82, 2.24) is 10.3 Å². The number of aryl methyl sites for hydroxylation is 1. The minimum Gasteiger partial charge on any atom is -0.457 e. The van der Waals surface area contributed by atoms with E-state index in [4.69, 9.17) is 17.0 Å². The van der Waals surface area contributed by atoms with Crippen molar-refractivity contribution in [2.24, 2.45) is 0 Å². The van der Waals surface area contributed by atoms with E-state index in [2.05, 4.69) is 10.3 Å². The van der Waals surface area contributed by atoms with Crippen molar-refractivity contribution in [3.05, 3.63) is 89.8 Å². The smallest absolute Gasteiger partial charge is 0.270 e. The molecule has 0 saturated carbocycles. The maximum absolute atomic E-state index is 13.1. The van der Waals surface area contributed by atoms with Gasteiger partial charge in [-0.1, -0.05) is 24.3 Å². The summed E-state index contributed by atoms with van der Waals surface area (Å²) in [6, 6.07) is 19.9. The van der Waals surface area contributed by atoms with Crippen molar-refractivity contribution >= 4 is 40.9 Å². The van der Waals surface area contributed by atoms with Gasteiger partial charge in [0.05, 0.1) is 11.4 Å². The first kappa shape index (κ1) is 19.5. The van der Waals surface area contributed by atoms with Crippen molar-refractivity contribution in [2.75, 3.05) is 4.90 Å². The topological polar surface area (TPSA) is 71.5 Å². The number of hydrogen-bond acceptors (Lipinski definition) is 5. The number of thiocarbonyl (C=S) groups is 1. The van der Waals surface area contributed by atoms with E-state index < -0.39 is 11.8 Å². The predicted octanol–water partition coefficient (Wildman–Crippen LogP) is 4.01. The number of rotatable bonds is 4. The molecular formula is C23H17N3O3S. The lowest BCUT2D eigenvalue weighted by atomic mass is 10.1. The molecule has 1 aliphatic rings. The van der Waals surface area contributed by atoms with Crippen LogP contribution in [0.4, 0.5) is 5.69 Å². The molecule has 2 aromatic carbocycles. The van der Waals surface area contributed by atoms with Gasteiger partial charge in [0, 0.05) is 6.20 Å². The third-order valence-electron chi connectivity index (χ3n) is 4.51. The molecule has 3 aromatic rings. The quantitative estimate of drug-likeness (QED) is 0.396.